The van der Waals surface area contributed by atoms with Gasteiger partial charge in [-0.15, -0.1) is 0 Å². The van der Waals surface area contributed by atoms with Gasteiger partial charge in [0.25, 0.3) is 0 Å². The highest BCUT2D eigenvalue weighted by atomic mass is 19.1. The number of halogens is 1. The summed E-state index contributed by atoms with van der Waals surface area (Å²) in [5.74, 6) is 1.26. The number of rotatable bonds is 3. The Kier molecular flexibility index (Phi) is 2.96. The molecule has 2 rings (SSSR count). The Hall–Kier alpha value is -2.16. The third-order valence-electron chi connectivity index (χ3n) is 2.06. The van der Waals surface area contributed by atoms with Crippen molar-refractivity contribution >= 4 is 6.04 Å². The maximum Gasteiger partial charge on any atom is 0.332 e. The molecule has 16 heavy (non-hydrogen) atoms. The molecule has 0 aliphatic rings. The Morgan fingerprint density at radius 2 is 1.44 bits per heavy atom. The van der Waals surface area contributed by atoms with E-state index in [1.165, 1.54) is 12.1 Å². The Morgan fingerprint density at radius 3 is 2.00 bits per heavy atom. The molecule has 0 aromatic heterocycles. The van der Waals surface area contributed by atoms with Crippen LogP contribution < -0.4 is 4.74 Å². The Morgan fingerprint density at radius 1 is 0.875 bits per heavy atom. The van der Waals surface area contributed by atoms with Crippen LogP contribution in [0.4, 0.5) is 4.39 Å². The Bertz CT molecular complexity index is 477. The van der Waals surface area contributed by atoms with E-state index in [1.807, 2.05) is 30.3 Å². The second-order valence-electron chi connectivity index (χ2n) is 3.21. The number of hydrogen-bond donors (Lipinski definition) is 0. The van der Waals surface area contributed by atoms with Gasteiger partial charge in [-0.1, -0.05) is 18.2 Å². The molecular formula is C13H9FO2. The third kappa shape index (κ3) is 2.45. The number of ether oxygens (including phenoxy) is 1. The van der Waals surface area contributed by atoms with Crippen LogP contribution >= 0.6 is 0 Å². The van der Waals surface area contributed by atoms with Gasteiger partial charge in [0.2, 0.25) is 0 Å². The van der Waals surface area contributed by atoms with Gasteiger partial charge in [0.15, 0.2) is 0 Å². The molecule has 2 aromatic carbocycles. The van der Waals surface area contributed by atoms with Gasteiger partial charge in [0.05, 0.1) is 5.56 Å². The van der Waals surface area contributed by atoms with Gasteiger partial charge in [-0.2, -0.15) is 4.39 Å². The molecule has 0 saturated carbocycles. The van der Waals surface area contributed by atoms with E-state index < -0.39 is 6.04 Å². The fourth-order valence-electron chi connectivity index (χ4n) is 1.28. The zero-order valence-electron chi connectivity index (χ0n) is 8.39. The smallest absolute Gasteiger partial charge is 0.332 e. The van der Waals surface area contributed by atoms with Crippen molar-refractivity contribution in [3.05, 3.63) is 60.2 Å². The van der Waals surface area contributed by atoms with Crippen LogP contribution in [0.15, 0.2) is 54.6 Å². The first-order valence-electron chi connectivity index (χ1n) is 4.78. The molecule has 0 bridgehead atoms. The summed E-state index contributed by atoms with van der Waals surface area (Å²) in [5.41, 5.74) is 0.0282. The molecular weight excluding hydrogens is 207 g/mol. The summed E-state index contributed by atoms with van der Waals surface area (Å²) in [4.78, 5) is 10.4. The third-order valence-corrected chi connectivity index (χ3v) is 2.06. The second kappa shape index (κ2) is 4.57. The largest absolute Gasteiger partial charge is 0.457 e. The van der Waals surface area contributed by atoms with Crippen molar-refractivity contribution in [2.24, 2.45) is 0 Å². The predicted octanol–water partition coefficient (Wildman–Crippen LogP) is 3.59. The average Bonchev–Trinajstić information content (AvgIpc) is 2.31. The van der Waals surface area contributed by atoms with E-state index in [2.05, 4.69) is 0 Å². The molecule has 0 aliphatic heterocycles. The topological polar surface area (TPSA) is 26.3 Å². The van der Waals surface area contributed by atoms with Crippen LogP contribution in [0.2, 0.25) is 0 Å². The highest BCUT2D eigenvalue weighted by Crippen LogP contribution is 2.21. The normalized spacial score (nSPS) is 9.81. The molecule has 0 aliphatic carbocycles. The van der Waals surface area contributed by atoms with Crippen molar-refractivity contribution in [1.29, 1.82) is 0 Å². The van der Waals surface area contributed by atoms with Crippen molar-refractivity contribution in [2.75, 3.05) is 0 Å². The summed E-state index contributed by atoms with van der Waals surface area (Å²) in [6.45, 7) is 0. The molecule has 80 valence electrons. The molecule has 2 nitrogen and oxygen atoms in total. The van der Waals surface area contributed by atoms with Gasteiger partial charge in [0, 0.05) is 0 Å². The Balaban J connectivity index is 2.14. The van der Waals surface area contributed by atoms with Crippen molar-refractivity contribution in [3.8, 4) is 11.5 Å². The average molecular weight is 216 g/mol. The number of carbonyl (C=O) groups is 1. The summed E-state index contributed by atoms with van der Waals surface area (Å²) in [6.07, 6.45) is 0. The van der Waals surface area contributed by atoms with Crippen molar-refractivity contribution < 1.29 is 13.9 Å². The minimum absolute atomic E-state index is 0.0282. The minimum Gasteiger partial charge on any atom is -0.457 e. The lowest BCUT2D eigenvalue weighted by atomic mass is 10.2. The van der Waals surface area contributed by atoms with Crippen LogP contribution in [0.1, 0.15) is 10.4 Å². The van der Waals surface area contributed by atoms with Gasteiger partial charge in [-0.05, 0) is 36.4 Å². The first kappa shape index (κ1) is 10.4. The van der Waals surface area contributed by atoms with E-state index in [-0.39, 0.29) is 5.56 Å². The summed E-state index contributed by atoms with van der Waals surface area (Å²) in [5, 5.41) is 0. The molecule has 2 aromatic rings. The lowest BCUT2D eigenvalue weighted by molar-refractivity contribution is 0.0836. The fourth-order valence-corrected chi connectivity index (χ4v) is 1.28. The molecule has 0 amide bonds. The van der Waals surface area contributed by atoms with Gasteiger partial charge in [-0.25, -0.2) is 0 Å². The van der Waals surface area contributed by atoms with Crippen LogP contribution in [0, 0.1) is 0 Å². The van der Waals surface area contributed by atoms with E-state index in [1.54, 1.807) is 12.1 Å². The number of benzene rings is 2. The van der Waals surface area contributed by atoms with E-state index >= 15 is 0 Å². The minimum atomic E-state index is -1.44. The van der Waals surface area contributed by atoms with Crippen LogP contribution in [0.5, 0.6) is 11.5 Å². The summed E-state index contributed by atoms with van der Waals surface area (Å²) >= 11 is 0. The monoisotopic (exact) mass is 216 g/mol. The Labute approximate surface area is 92.3 Å². The second-order valence-corrected chi connectivity index (χ2v) is 3.21. The highest BCUT2D eigenvalue weighted by molar-refractivity contribution is 5.88. The molecule has 0 N–H and O–H groups in total. The van der Waals surface area contributed by atoms with Gasteiger partial charge >= 0.3 is 6.04 Å². The van der Waals surface area contributed by atoms with E-state index in [0.717, 1.165) is 0 Å². The van der Waals surface area contributed by atoms with Crippen LogP contribution in [-0.4, -0.2) is 6.04 Å². The first-order valence-corrected chi connectivity index (χ1v) is 4.78. The summed E-state index contributed by atoms with van der Waals surface area (Å²) in [6, 6.07) is 13.7. The quantitative estimate of drug-likeness (QED) is 0.733. The lowest BCUT2D eigenvalue weighted by Crippen LogP contribution is -1.89. The van der Waals surface area contributed by atoms with E-state index in [4.69, 9.17) is 4.74 Å². The number of carbonyl (C=O) groups excluding carboxylic acids is 1. The van der Waals surface area contributed by atoms with Crippen LogP contribution in [0.3, 0.4) is 0 Å². The molecule has 0 saturated heterocycles. The zero-order chi connectivity index (χ0) is 11.4. The van der Waals surface area contributed by atoms with Gasteiger partial charge in [0.1, 0.15) is 11.5 Å². The first-order chi connectivity index (χ1) is 7.75. The van der Waals surface area contributed by atoms with Crippen LogP contribution in [0.25, 0.3) is 0 Å². The SMILES string of the molecule is O=C(F)c1ccc(Oc2ccccc2)cc1. The molecule has 0 radical (unpaired) electrons. The fraction of sp³-hybridized carbons (Fsp3) is 0. The molecule has 0 heterocycles. The van der Waals surface area contributed by atoms with Crippen LogP contribution in [-0.2, 0) is 0 Å². The van der Waals surface area contributed by atoms with Crippen molar-refractivity contribution in [3.63, 3.8) is 0 Å². The molecule has 0 fully saturated rings. The summed E-state index contributed by atoms with van der Waals surface area (Å²) in [7, 11) is 0. The zero-order valence-corrected chi connectivity index (χ0v) is 8.39. The lowest BCUT2D eigenvalue weighted by Gasteiger charge is -2.04. The molecule has 0 atom stereocenters. The van der Waals surface area contributed by atoms with Crippen molar-refractivity contribution in [2.45, 2.75) is 0 Å². The van der Waals surface area contributed by atoms with Gasteiger partial charge < -0.3 is 4.74 Å². The van der Waals surface area contributed by atoms with E-state index in [0.29, 0.717) is 11.5 Å². The standard InChI is InChI=1S/C13H9FO2/c14-13(15)10-6-8-12(9-7-10)16-11-4-2-1-3-5-11/h1-9H. The summed E-state index contributed by atoms with van der Waals surface area (Å²) < 4.78 is 17.8. The predicted molar refractivity (Wildman–Crippen MR) is 58.4 cm³/mol. The maximum absolute atomic E-state index is 12.3. The van der Waals surface area contributed by atoms with E-state index in [9.17, 15) is 9.18 Å². The number of para-hydroxylation sites is 1. The number of hydrogen-bond acceptors (Lipinski definition) is 2. The van der Waals surface area contributed by atoms with Gasteiger partial charge in [-0.3, -0.25) is 4.79 Å². The highest BCUT2D eigenvalue weighted by Gasteiger charge is 2.03. The molecule has 0 spiro atoms. The maximum atomic E-state index is 12.3. The molecule has 3 heteroatoms. The van der Waals surface area contributed by atoms with Crippen molar-refractivity contribution in [1.82, 2.24) is 0 Å². The molecule has 0 unspecified atom stereocenters.